The third-order valence-electron chi connectivity index (χ3n) is 1.94. The molecule has 2 atom stereocenters. The summed E-state index contributed by atoms with van der Waals surface area (Å²) in [7, 11) is -3.13. The summed E-state index contributed by atoms with van der Waals surface area (Å²) in [6.45, 7) is 1.45. The zero-order valence-corrected chi connectivity index (χ0v) is 10.2. The van der Waals surface area contributed by atoms with E-state index in [1.807, 2.05) is 0 Å². The molecule has 8 heteroatoms. The Kier molecular flexibility index (Phi) is 6.72. The van der Waals surface area contributed by atoms with Crippen molar-refractivity contribution in [2.75, 3.05) is 12.3 Å². The summed E-state index contributed by atoms with van der Waals surface area (Å²) in [6, 6.07) is 0. The molecule has 0 aromatic heterocycles. The molecule has 0 saturated carbocycles. The molecule has 0 aromatic carbocycles. The van der Waals surface area contributed by atoms with E-state index in [0.29, 0.717) is 6.08 Å². The molecule has 0 radical (unpaired) electrons. The Balaban J connectivity index is 4.74. The fourth-order valence-corrected chi connectivity index (χ4v) is 3.54. The monoisotopic (exact) mass is 266 g/mol. The molecule has 0 aliphatic rings. The Morgan fingerprint density at radius 1 is 1.41 bits per heavy atom. The van der Waals surface area contributed by atoms with Crippen molar-refractivity contribution in [3.05, 3.63) is 11.9 Å². The molecule has 0 fully saturated rings. The Bertz CT molecular complexity index is 349. The van der Waals surface area contributed by atoms with Crippen molar-refractivity contribution in [2.24, 2.45) is 0 Å². The van der Waals surface area contributed by atoms with Crippen LogP contribution < -0.4 is 0 Å². The number of carboxylic acid groups (broad SMARTS) is 2. The first-order chi connectivity index (χ1) is 7.79. The normalized spacial score (nSPS) is 16.6. The molecule has 0 aliphatic heterocycles. The predicted molar refractivity (Wildman–Crippen MR) is 59.5 cm³/mol. The molecule has 3 N–H and O–H groups in total. The van der Waals surface area contributed by atoms with Crippen LogP contribution in [0.2, 0.25) is 0 Å². The SMILES string of the molecule is CC(CP(=O)(C=CC(=O)O)CCC(=O)O)OO. The van der Waals surface area contributed by atoms with Gasteiger partial charge in [-0.1, -0.05) is 0 Å². The van der Waals surface area contributed by atoms with Gasteiger partial charge in [-0.05, 0) is 12.7 Å². The molecule has 0 heterocycles. The van der Waals surface area contributed by atoms with Gasteiger partial charge in [-0.15, -0.1) is 0 Å². The molecule has 0 aromatic rings. The van der Waals surface area contributed by atoms with Crippen LogP contribution >= 0.6 is 7.14 Å². The Labute approximate surface area is 98.0 Å². The lowest BCUT2D eigenvalue weighted by Crippen LogP contribution is -2.13. The smallest absolute Gasteiger partial charge is 0.328 e. The van der Waals surface area contributed by atoms with Crippen LogP contribution in [0.3, 0.4) is 0 Å². The van der Waals surface area contributed by atoms with E-state index in [1.165, 1.54) is 6.92 Å². The van der Waals surface area contributed by atoms with E-state index in [-0.39, 0.29) is 18.7 Å². The van der Waals surface area contributed by atoms with Gasteiger partial charge in [0.1, 0.15) is 7.14 Å². The van der Waals surface area contributed by atoms with Crippen molar-refractivity contribution in [1.29, 1.82) is 0 Å². The number of hydrogen-bond acceptors (Lipinski definition) is 5. The van der Waals surface area contributed by atoms with E-state index < -0.39 is 25.2 Å². The first-order valence-electron chi connectivity index (χ1n) is 4.81. The molecule has 2 unspecified atom stereocenters. The summed E-state index contributed by atoms with van der Waals surface area (Å²) >= 11 is 0. The van der Waals surface area contributed by atoms with Crippen LogP contribution in [0.5, 0.6) is 0 Å². The van der Waals surface area contributed by atoms with E-state index in [0.717, 1.165) is 5.82 Å². The zero-order chi connectivity index (χ0) is 13.5. The predicted octanol–water partition coefficient (Wildman–Crippen LogP) is 1.30. The minimum Gasteiger partial charge on any atom is -0.481 e. The van der Waals surface area contributed by atoms with Crippen molar-refractivity contribution in [3.63, 3.8) is 0 Å². The lowest BCUT2D eigenvalue weighted by Gasteiger charge is -2.16. The number of carboxylic acids is 2. The van der Waals surface area contributed by atoms with E-state index in [1.54, 1.807) is 0 Å². The summed E-state index contributed by atoms with van der Waals surface area (Å²) in [5.41, 5.74) is 0. The lowest BCUT2D eigenvalue weighted by molar-refractivity contribution is -0.268. The molecule has 0 amide bonds. The molecule has 0 bridgehead atoms. The fraction of sp³-hybridized carbons (Fsp3) is 0.556. The number of hydrogen-bond donors (Lipinski definition) is 3. The summed E-state index contributed by atoms with van der Waals surface area (Å²) in [6.07, 6.45) is -0.653. The Hall–Kier alpha value is -1.17. The highest BCUT2D eigenvalue weighted by Gasteiger charge is 2.24. The fourth-order valence-electron chi connectivity index (χ4n) is 1.18. The van der Waals surface area contributed by atoms with Gasteiger partial charge in [-0.3, -0.25) is 10.1 Å². The van der Waals surface area contributed by atoms with Gasteiger partial charge in [0, 0.05) is 18.4 Å². The van der Waals surface area contributed by atoms with Gasteiger partial charge in [0.05, 0.1) is 12.5 Å². The van der Waals surface area contributed by atoms with Crippen LogP contribution in [0.1, 0.15) is 13.3 Å². The van der Waals surface area contributed by atoms with Crippen molar-refractivity contribution < 1.29 is 34.5 Å². The van der Waals surface area contributed by atoms with Crippen molar-refractivity contribution in [2.45, 2.75) is 19.4 Å². The van der Waals surface area contributed by atoms with Crippen molar-refractivity contribution in [3.8, 4) is 0 Å². The minimum atomic E-state index is -3.13. The topological polar surface area (TPSA) is 121 Å². The summed E-state index contributed by atoms with van der Waals surface area (Å²) in [4.78, 5) is 24.7. The standard InChI is InChI=1S/C9H15O7P/c1-7(16-14)6-17(15,4-2-8(10)11)5-3-9(12)13/h2,4,7,14H,3,5-6H2,1H3,(H,10,11)(H,12,13). The highest BCUT2D eigenvalue weighted by Crippen LogP contribution is 2.48. The lowest BCUT2D eigenvalue weighted by atomic mass is 10.5. The molecule has 98 valence electrons. The van der Waals surface area contributed by atoms with E-state index in [4.69, 9.17) is 15.5 Å². The summed E-state index contributed by atoms with van der Waals surface area (Å²) < 4.78 is 12.2. The van der Waals surface area contributed by atoms with Gasteiger partial charge in [0.2, 0.25) is 0 Å². The zero-order valence-electron chi connectivity index (χ0n) is 9.28. The van der Waals surface area contributed by atoms with Gasteiger partial charge in [0.15, 0.2) is 0 Å². The van der Waals surface area contributed by atoms with Gasteiger partial charge in [0.25, 0.3) is 0 Å². The number of aliphatic carboxylic acids is 2. The second-order valence-corrected chi connectivity index (χ2v) is 6.59. The summed E-state index contributed by atoms with van der Waals surface area (Å²) in [5.74, 6) is -1.39. The largest absolute Gasteiger partial charge is 0.481 e. The van der Waals surface area contributed by atoms with Gasteiger partial charge in [-0.25, -0.2) is 9.68 Å². The molecule has 7 nitrogen and oxygen atoms in total. The quantitative estimate of drug-likeness (QED) is 0.262. The van der Waals surface area contributed by atoms with E-state index in [9.17, 15) is 14.2 Å². The first-order valence-corrected chi connectivity index (χ1v) is 6.95. The second kappa shape index (κ2) is 7.21. The third-order valence-corrected chi connectivity index (χ3v) is 4.74. The first kappa shape index (κ1) is 15.8. The summed E-state index contributed by atoms with van der Waals surface area (Å²) in [5, 5.41) is 25.3. The van der Waals surface area contributed by atoms with Crippen molar-refractivity contribution in [1.82, 2.24) is 0 Å². The molecule has 0 spiro atoms. The highest BCUT2D eigenvalue weighted by molar-refractivity contribution is 7.67. The van der Waals surface area contributed by atoms with Crippen LogP contribution in [0.4, 0.5) is 0 Å². The highest BCUT2D eigenvalue weighted by atomic mass is 31.2. The number of rotatable bonds is 8. The van der Waals surface area contributed by atoms with Crippen LogP contribution in [0.15, 0.2) is 11.9 Å². The maximum absolute atomic E-state index is 12.2. The molecule has 0 saturated heterocycles. The van der Waals surface area contributed by atoms with Crippen molar-refractivity contribution >= 4 is 19.1 Å². The second-order valence-electron chi connectivity index (χ2n) is 3.57. The van der Waals surface area contributed by atoms with Gasteiger partial charge in [-0.2, -0.15) is 0 Å². The van der Waals surface area contributed by atoms with Crippen LogP contribution in [-0.4, -0.2) is 45.8 Å². The molecule has 0 aliphatic carbocycles. The van der Waals surface area contributed by atoms with Crippen LogP contribution in [0, 0.1) is 0 Å². The maximum Gasteiger partial charge on any atom is 0.328 e. The molecule has 0 rings (SSSR count). The third kappa shape index (κ3) is 7.68. The minimum absolute atomic E-state index is 0.111. The average molecular weight is 266 g/mol. The van der Waals surface area contributed by atoms with E-state index in [2.05, 4.69) is 4.89 Å². The average Bonchev–Trinajstić information content (AvgIpc) is 2.24. The van der Waals surface area contributed by atoms with E-state index >= 15 is 0 Å². The molecule has 17 heavy (non-hydrogen) atoms. The van der Waals surface area contributed by atoms with Gasteiger partial charge >= 0.3 is 11.9 Å². The maximum atomic E-state index is 12.2. The molecular formula is C9H15O7P. The Morgan fingerprint density at radius 2 is 2.00 bits per heavy atom. The van der Waals surface area contributed by atoms with Gasteiger partial charge < -0.3 is 14.8 Å². The Morgan fingerprint density at radius 3 is 2.41 bits per heavy atom. The van der Waals surface area contributed by atoms with Crippen LogP contribution in [-0.2, 0) is 19.0 Å². The van der Waals surface area contributed by atoms with Crippen LogP contribution in [0.25, 0.3) is 0 Å². The molecular weight excluding hydrogens is 251 g/mol. The number of carbonyl (C=O) groups is 2.